The Hall–Kier alpha value is -0.810. The Bertz CT molecular complexity index is 412. The molecule has 19 heavy (non-hydrogen) atoms. The zero-order valence-corrected chi connectivity index (χ0v) is 12.7. The van der Waals surface area contributed by atoms with Crippen LogP contribution in [-0.4, -0.2) is 28.9 Å². The van der Waals surface area contributed by atoms with Gasteiger partial charge >= 0.3 is 0 Å². The number of aromatic nitrogens is 2. The van der Waals surface area contributed by atoms with E-state index in [1.165, 1.54) is 17.9 Å². The standard InChI is InChI=1S/C14H23N3OS/c1-3-6-15-14-11-9-18-7-5-12(11)16-13(17-14)10-19-8-4-2/h3-10H2,1-2H3,(H,15,16,17). The summed E-state index contributed by atoms with van der Waals surface area (Å²) in [4.78, 5) is 9.37. The van der Waals surface area contributed by atoms with Crippen LogP contribution < -0.4 is 5.32 Å². The molecule has 0 unspecified atom stereocenters. The fourth-order valence-corrected chi connectivity index (χ4v) is 2.79. The molecule has 4 nitrogen and oxygen atoms in total. The van der Waals surface area contributed by atoms with Crippen molar-refractivity contribution in [1.29, 1.82) is 0 Å². The molecule has 1 aliphatic heterocycles. The van der Waals surface area contributed by atoms with Crippen LogP contribution in [0.4, 0.5) is 5.82 Å². The Morgan fingerprint density at radius 1 is 1.26 bits per heavy atom. The number of ether oxygens (including phenoxy) is 1. The molecule has 0 amide bonds. The smallest absolute Gasteiger partial charge is 0.140 e. The van der Waals surface area contributed by atoms with Crippen LogP contribution in [0, 0.1) is 0 Å². The maximum Gasteiger partial charge on any atom is 0.140 e. The monoisotopic (exact) mass is 281 g/mol. The fourth-order valence-electron chi connectivity index (χ4n) is 2.04. The van der Waals surface area contributed by atoms with Crippen LogP contribution in [0.1, 0.15) is 43.8 Å². The first-order valence-electron chi connectivity index (χ1n) is 7.13. The highest BCUT2D eigenvalue weighted by Crippen LogP contribution is 2.23. The minimum absolute atomic E-state index is 0.643. The molecule has 0 aromatic carbocycles. The molecule has 0 fully saturated rings. The topological polar surface area (TPSA) is 47.0 Å². The third kappa shape index (κ3) is 4.08. The SMILES string of the molecule is CCCNc1nc(CSCCC)nc2c1COCC2. The first-order chi connectivity index (χ1) is 9.35. The van der Waals surface area contributed by atoms with Gasteiger partial charge in [0.2, 0.25) is 0 Å². The van der Waals surface area contributed by atoms with E-state index in [9.17, 15) is 0 Å². The maximum absolute atomic E-state index is 5.53. The molecule has 1 aromatic rings. The Kier molecular flexibility index (Phi) is 5.92. The van der Waals surface area contributed by atoms with Crippen molar-refractivity contribution in [1.82, 2.24) is 9.97 Å². The molecule has 1 aromatic heterocycles. The van der Waals surface area contributed by atoms with Gasteiger partial charge in [0.15, 0.2) is 0 Å². The largest absolute Gasteiger partial charge is 0.376 e. The van der Waals surface area contributed by atoms with E-state index in [2.05, 4.69) is 24.1 Å². The number of thioether (sulfide) groups is 1. The summed E-state index contributed by atoms with van der Waals surface area (Å²) in [6, 6.07) is 0. The van der Waals surface area contributed by atoms with Crippen LogP contribution in [0.15, 0.2) is 0 Å². The highest BCUT2D eigenvalue weighted by atomic mass is 32.2. The molecule has 1 aliphatic rings. The summed E-state index contributed by atoms with van der Waals surface area (Å²) in [5.74, 6) is 4.01. The van der Waals surface area contributed by atoms with Crippen molar-refractivity contribution in [3.63, 3.8) is 0 Å². The van der Waals surface area contributed by atoms with Gasteiger partial charge in [-0.1, -0.05) is 13.8 Å². The Balaban J connectivity index is 2.15. The minimum atomic E-state index is 0.643. The van der Waals surface area contributed by atoms with Gasteiger partial charge in [-0.3, -0.25) is 0 Å². The van der Waals surface area contributed by atoms with Crippen molar-refractivity contribution in [2.45, 2.75) is 45.5 Å². The van der Waals surface area contributed by atoms with Gasteiger partial charge in [-0.05, 0) is 18.6 Å². The van der Waals surface area contributed by atoms with E-state index >= 15 is 0 Å². The van der Waals surface area contributed by atoms with Crippen molar-refractivity contribution in [2.75, 3.05) is 24.2 Å². The van der Waals surface area contributed by atoms with E-state index in [1.807, 2.05) is 11.8 Å². The normalized spacial score (nSPS) is 14.2. The van der Waals surface area contributed by atoms with Gasteiger partial charge in [-0.25, -0.2) is 9.97 Å². The Morgan fingerprint density at radius 3 is 2.95 bits per heavy atom. The van der Waals surface area contributed by atoms with Gasteiger partial charge in [-0.15, -0.1) is 0 Å². The molecule has 0 aliphatic carbocycles. The van der Waals surface area contributed by atoms with Gasteiger partial charge in [0.25, 0.3) is 0 Å². The summed E-state index contributed by atoms with van der Waals surface area (Å²) in [5.41, 5.74) is 2.33. The van der Waals surface area contributed by atoms with Gasteiger partial charge < -0.3 is 10.1 Å². The van der Waals surface area contributed by atoms with E-state index < -0.39 is 0 Å². The van der Waals surface area contributed by atoms with Crippen molar-refractivity contribution in [3.05, 3.63) is 17.1 Å². The second kappa shape index (κ2) is 7.70. The molecule has 5 heteroatoms. The Labute approximate surface area is 119 Å². The van der Waals surface area contributed by atoms with Crippen LogP contribution in [-0.2, 0) is 23.5 Å². The molecule has 2 heterocycles. The summed E-state index contributed by atoms with van der Waals surface area (Å²) in [7, 11) is 0. The van der Waals surface area contributed by atoms with Crippen LogP contribution in [0.25, 0.3) is 0 Å². The summed E-state index contributed by atoms with van der Waals surface area (Å²) < 4.78 is 5.53. The van der Waals surface area contributed by atoms with E-state index in [1.54, 1.807) is 0 Å². The molecular weight excluding hydrogens is 258 g/mol. The van der Waals surface area contributed by atoms with Crippen LogP contribution in [0.5, 0.6) is 0 Å². The van der Waals surface area contributed by atoms with Gasteiger partial charge in [0.05, 0.1) is 24.7 Å². The lowest BCUT2D eigenvalue weighted by molar-refractivity contribution is 0.109. The predicted octanol–water partition coefficient (Wildman–Crippen LogP) is 3.01. The molecule has 0 atom stereocenters. The molecule has 0 spiro atoms. The average Bonchev–Trinajstić information content (AvgIpc) is 2.45. The summed E-state index contributed by atoms with van der Waals surface area (Å²) in [6.07, 6.45) is 3.20. The summed E-state index contributed by atoms with van der Waals surface area (Å²) >= 11 is 1.91. The second-order valence-corrected chi connectivity index (χ2v) is 5.80. The average molecular weight is 281 g/mol. The number of anilines is 1. The zero-order valence-electron chi connectivity index (χ0n) is 11.9. The Morgan fingerprint density at radius 2 is 2.16 bits per heavy atom. The third-order valence-electron chi connectivity index (χ3n) is 2.99. The molecule has 106 valence electrons. The number of fused-ring (bicyclic) bond motifs is 1. The summed E-state index contributed by atoms with van der Waals surface area (Å²) in [6.45, 7) is 6.73. The first kappa shape index (κ1) is 14.6. The maximum atomic E-state index is 5.53. The van der Waals surface area contributed by atoms with Gasteiger partial charge in [0.1, 0.15) is 11.6 Å². The van der Waals surface area contributed by atoms with Crippen molar-refractivity contribution in [3.8, 4) is 0 Å². The quantitative estimate of drug-likeness (QED) is 0.778. The number of nitrogens with zero attached hydrogens (tertiary/aromatic N) is 2. The van der Waals surface area contributed by atoms with Crippen molar-refractivity contribution in [2.24, 2.45) is 0 Å². The predicted molar refractivity (Wildman–Crippen MR) is 80.6 cm³/mol. The molecule has 0 saturated heterocycles. The van der Waals surface area contributed by atoms with Crippen LogP contribution >= 0.6 is 11.8 Å². The first-order valence-corrected chi connectivity index (χ1v) is 8.28. The van der Waals surface area contributed by atoms with Crippen molar-refractivity contribution < 1.29 is 4.74 Å². The van der Waals surface area contributed by atoms with E-state index in [-0.39, 0.29) is 0 Å². The van der Waals surface area contributed by atoms with Crippen LogP contribution in [0.2, 0.25) is 0 Å². The molecule has 0 bridgehead atoms. The van der Waals surface area contributed by atoms with Crippen molar-refractivity contribution >= 4 is 17.6 Å². The molecular formula is C14H23N3OS. The highest BCUT2D eigenvalue weighted by molar-refractivity contribution is 7.98. The molecule has 2 rings (SSSR count). The minimum Gasteiger partial charge on any atom is -0.376 e. The van der Waals surface area contributed by atoms with Gasteiger partial charge in [0, 0.05) is 18.5 Å². The lowest BCUT2D eigenvalue weighted by Gasteiger charge is -2.20. The number of nitrogens with one attached hydrogen (secondary N) is 1. The number of hydrogen-bond donors (Lipinski definition) is 1. The second-order valence-electron chi connectivity index (χ2n) is 4.70. The highest BCUT2D eigenvalue weighted by Gasteiger charge is 2.17. The number of rotatable bonds is 7. The van der Waals surface area contributed by atoms with E-state index in [4.69, 9.17) is 9.72 Å². The number of hydrogen-bond acceptors (Lipinski definition) is 5. The lowest BCUT2D eigenvalue weighted by atomic mass is 10.1. The van der Waals surface area contributed by atoms with Crippen LogP contribution in [0.3, 0.4) is 0 Å². The van der Waals surface area contributed by atoms with Gasteiger partial charge in [-0.2, -0.15) is 11.8 Å². The zero-order chi connectivity index (χ0) is 13.5. The molecule has 0 saturated carbocycles. The molecule has 1 N–H and O–H groups in total. The third-order valence-corrected chi connectivity index (χ3v) is 4.15. The summed E-state index contributed by atoms with van der Waals surface area (Å²) in [5, 5.41) is 3.41. The lowest BCUT2D eigenvalue weighted by Crippen LogP contribution is -2.18. The fraction of sp³-hybridized carbons (Fsp3) is 0.714. The molecule has 0 radical (unpaired) electrons. The van der Waals surface area contributed by atoms with E-state index in [0.717, 1.165) is 49.0 Å². The van der Waals surface area contributed by atoms with E-state index in [0.29, 0.717) is 6.61 Å².